The van der Waals surface area contributed by atoms with E-state index in [4.69, 9.17) is 14.7 Å². The molecule has 1 aliphatic rings. The third kappa shape index (κ3) is 20.3. The number of esters is 1. The molecular formula is C52H67N6O12S-. The van der Waals surface area contributed by atoms with E-state index < -0.39 is 39.5 Å². The fourth-order valence-corrected chi connectivity index (χ4v) is 8.02. The fourth-order valence-electron chi connectivity index (χ4n) is 7.06. The minimum Gasteiger partial charge on any atom is -0.784 e. The number of hydrogen-bond acceptors (Lipinski definition) is 16. The predicted molar refractivity (Wildman–Crippen MR) is 275 cm³/mol. The molecule has 384 valence electrons. The number of piperidine rings is 1. The highest BCUT2D eigenvalue weighted by molar-refractivity contribution is 7.85. The summed E-state index contributed by atoms with van der Waals surface area (Å²) in [6, 6.07) is 36.9. The molecule has 2 atom stereocenters. The van der Waals surface area contributed by atoms with Gasteiger partial charge in [0.05, 0.1) is 42.9 Å². The van der Waals surface area contributed by atoms with Crippen molar-refractivity contribution in [1.29, 1.82) is 0 Å². The van der Waals surface area contributed by atoms with Crippen molar-refractivity contribution in [3.8, 4) is 11.5 Å². The summed E-state index contributed by atoms with van der Waals surface area (Å²) in [5.74, 6) is 0.553. The van der Waals surface area contributed by atoms with Gasteiger partial charge in [0.15, 0.2) is 0 Å². The zero-order valence-corrected chi connectivity index (χ0v) is 42.6. The van der Waals surface area contributed by atoms with Gasteiger partial charge < -0.3 is 50.5 Å². The maximum atomic E-state index is 11.7. The van der Waals surface area contributed by atoms with Crippen LogP contribution >= 0.6 is 0 Å². The summed E-state index contributed by atoms with van der Waals surface area (Å²) >= 11 is 0. The summed E-state index contributed by atoms with van der Waals surface area (Å²) in [4.78, 5) is 44.7. The quantitative estimate of drug-likeness (QED) is 0.0459. The van der Waals surface area contributed by atoms with Crippen LogP contribution in [-0.2, 0) is 29.9 Å². The number of fused-ring (bicyclic) bond motifs is 2. The Morgan fingerprint density at radius 1 is 0.845 bits per heavy atom. The molecule has 7 rings (SSSR count). The summed E-state index contributed by atoms with van der Waals surface area (Å²) < 4.78 is 26.5. The average molecular weight is 1000 g/mol. The molecule has 1 aliphatic heterocycles. The third-order valence-corrected chi connectivity index (χ3v) is 11.6. The molecular weight excluding hydrogens is 933 g/mol. The fraction of sp³-hybridized carbons (Fsp3) is 0.385. The number of aliphatic hydroxyl groups is 2. The zero-order valence-electron chi connectivity index (χ0n) is 41.7. The maximum Gasteiger partial charge on any atom is 0.318 e. The number of aliphatic hydroxyl groups excluding tert-OH is 2. The highest BCUT2D eigenvalue weighted by atomic mass is 32.2. The molecule has 0 aliphatic carbocycles. The van der Waals surface area contributed by atoms with Crippen molar-refractivity contribution < 1.29 is 48.2 Å². The number of carbonyl (C=O) groups excluding carboxylic acids is 3. The Balaban J connectivity index is 0.000000237. The first kappa shape index (κ1) is 58.7. The molecule has 0 spiro atoms. The number of aromatic nitrogens is 3. The summed E-state index contributed by atoms with van der Waals surface area (Å²) in [5.41, 5.74) is -0.280. The van der Waals surface area contributed by atoms with Crippen LogP contribution in [0.5, 0.6) is 11.5 Å². The van der Waals surface area contributed by atoms with Gasteiger partial charge in [0.2, 0.25) is 5.91 Å². The monoisotopic (exact) mass is 999 g/mol. The van der Waals surface area contributed by atoms with Gasteiger partial charge in [-0.25, -0.2) is 0 Å². The normalized spacial score (nSPS) is 14.5. The number of hydrogen-bond donors (Lipinski definition) is 5. The molecule has 18 nitrogen and oxygen atoms in total. The number of hydroxylamine groups is 2. The highest BCUT2D eigenvalue weighted by Gasteiger charge is 2.39. The lowest BCUT2D eigenvalue weighted by Crippen LogP contribution is -2.58. The lowest BCUT2D eigenvalue weighted by molar-refractivity contribution is -0.137. The topological polar surface area (TPSA) is 255 Å². The second kappa shape index (κ2) is 28.9. The SMILES string of the molecule is CC(C)NCC(O)COc1cccc2ccccc12.CC1(C)CC(O)CC(C)(C)N1[O-].COC(=O)CS(=O)c1ccccc1.COc1ccc(NC(=O)CC(C)=O)cc1.O=c1c2ccccc2nnn1O. The summed E-state index contributed by atoms with van der Waals surface area (Å²) in [6.45, 7) is 13.9. The van der Waals surface area contributed by atoms with Gasteiger partial charge in [0.1, 0.15) is 41.3 Å². The van der Waals surface area contributed by atoms with E-state index in [2.05, 4.69) is 51.7 Å². The number of nitrogens with zero attached hydrogens (tertiary/aromatic N) is 4. The number of Topliss-reactive ketones (excluding diaryl/α,β-unsaturated/α-hetero) is 1. The van der Waals surface area contributed by atoms with Crippen molar-refractivity contribution in [3.63, 3.8) is 0 Å². The van der Waals surface area contributed by atoms with Crippen LogP contribution in [0.2, 0.25) is 0 Å². The van der Waals surface area contributed by atoms with Crippen molar-refractivity contribution in [2.45, 2.75) is 102 Å². The van der Waals surface area contributed by atoms with Gasteiger partial charge in [-0.2, -0.15) is 0 Å². The largest absolute Gasteiger partial charge is 0.784 e. The summed E-state index contributed by atoms with van der Waals surface area (Å²) in [6.07, 6.45) is 0.216. The first-order valence-electron chi connectivity index (χ1n) is 22.7. The Labute approximate surface area is 416 Å². The van der Waals surface area contributed by atoms with Crippen LogP contribution in [0.4, 0.5) is 5.69 Å². The van der Waals surface area contributed by atoms with E-state index in [1.165, 1.54) is 14.0 Å². The number of carbonyl (C=O) groups is 3. The number of benzene rings is 5. The van der Waals surface area contributed by atoms with Crippen LogP contribution in [0.1, 0.15) is 67.7 Å². The first-order valence-corrected chi connectivity index (χ1v) is 24.0. The standard InChI is InChI=1S/C16H21NO2.C11H13NO3.C9H18NO2.C9H10O3S.C7H5N3O2/c1-12(2)17-10-14(18)11-19-16-9-5-7-13-6-3-4-8-15(13)16;1-8(13)7-11(14)12-9-3-5-10(15-2)6-4-9;1-8(2)5-7(11)6-9(3,4)10(8)12;1-12-9(10)7-13(11)8-5-3-2-4-6-8;11-7-5-3-1-2-4-6(5)8-9-10(7)12/h3-9,12,14,17-18H,10-11H2,1-2H3;3-6H,7H2,1-2H3,(H,12,14);7,11H,5-6H2,1-4H3;2-6H,7H2,1H3;1-4,12H/q;;-1;;. The molecule has 0 bridgehead atoms. The molecule has 5 aromatic carbocycles. The number of methoxy groups -OCH3 is 2. The van der Waals surface area contributed by atoms with Gasteiger partial charge in [0.25, 0.3) is 0 Å². The van der Waals surface area contributed by atoms with Gasteiger partial charge in [-0.15, -0.1) is 5.10 Å². The second-order valence-electron chi connectivity index (χ2n) is 17.8. The predicted octanol–water partition coefficient (Wildman–Crippen LogP) is 6.68. The number of nitrogens with one attached hydrogen (secondary N) is 2. The van der Waals surface area contributed by atoms with Gasteiger partial charge in [-0.3, -0.25) is 23.4 Å². The lowest BCUT2D eigenvalue weighted by Gasteiger charge is -2.59. The van der Waals surface area contributed by atoms with Gasteiger partial charge in [-0.1, -0.05) is 80.6 Å². The first-order chi connectivity index (χ1) is 33.6. The van der Waals surface area contributed by atoms with E-state index in [-0.39, 0.29) is 34.8 Å². The van der Waals surface area contributed by atoms with Crippen LogP contribution < -0.4 is 25.7 Å². The Morgan fingerprint density at radius 3 is 2.01 bits per heavy atom. The zero-order chi connectivity index (χ0) is 52.7. The molecule has 1 fully saturated rings. The number of ether oxygens (including phenoxy) is 3. The number of ketones is 1. The van der Waals surface area contributed by atoms with Gasteiger partial charge >= 0.3 is 11.5 Å². The lowest BCUT2D eigenvalue weighted by atomic mass is 9.80. The molecule has 1 amide bonds. The van der Waals surface area contributed by atoms with E-state index in [0.717, 1.165) is 27.3 Å². The number of amides is 1. The Kier molecular flexibility index (Phi) is 23.9. The molecule has 19 heteroatoms. The van der Waals surface area contributed by atoms with Crippen molar-refractivity contribution in [3.05, 3.63) is 137 Å². The van der Waals surface area contributed by atoms with Crippen molar-refractivity contribution >= 4 is 55.8 Å². The van der Waals surface area contributed by atoms with Crippen molar-refractivity contribution in [1.82, 2.24) is 25.5 Å². The van der Waals surface area contributed by atoms with Crippen molar-refractivity contribution in [2.75, 3.05) is 38.4 Å². The molecule has 2 unspecified atom stereocenters. The Bertz CT molecular complexity index is 2660. The molecule has 71 heavy (non-hydrogen) atoms. The van der Waals surface area contributed by atoms with E-state index in [0.29, 0.717) is 53.5 Å². The smallest absolute Gasteiger partial charge is 0.318 e. The van der Waals surface area contributed by atoms with E-state index in [9.17, 15) is 38.8 Å². The van der Waals surface area contributed by atoms with E-state index in [1.54, 1.807) is 79.9 Å². The Morgan fingerprint density at radius 2 is 1.42 bits per heavy atom. The molecule has 1 saturated heterocycles. The van der Waals surface area contributed by atoms with Crippen LogP contribution in [0.25, 0.3) is 21.7 Å². The van der Waals surface area contributed by atoms with Crippen LogP contribution in [0.3, 0.4) is 0 Å². The van der Waals surface area contributed by atoms with Crippen LogP contribution in [-0.4, -0.2) is 120 Å². The van der Waals surface area contributed by atoms with Crippen molar-refractivity contribution in [2.24, 2.45) is 0 Å². The van der Waals surface area contributed by atoms with E-state index in [1.807, 2.05) is 64.1 Å². The number of anilines is 1. The molecule has 6 aromatic rings. The highest BCUT2D eigenvalue weighted by Crippen LogP contribution is 2.37. The van der Waals surface area contributed by atoms with Crippen LogP contribution in [0.15, 0.2) is 131 Å². The molecule has 1 aromatic heterocycles. The van der Waals surface area contributed by atoms with Crippen LogP contribution in [0, 0.1) is 5.21 Å². The second-order valence-corrected chi connectivity index (χ2v) is 19.3. The summed E-state index contributed by atoms with van der Waals surface area (Å²) in [5, 5.41) is 56.3. The molecule has 2 heterocycles. The molecule has 0 saturated carbocycles. The Hall–Kier alpha value is -6.61. The third-order valence-electron chi connectivity index (χ3n) is 10.3. The summed E-state index contributed by atoms with van der Waals surface area (Å²) in [7, 11) is 1.57. The maximum absolute atomic E-state index is 11.7. The van der Waals surface area contributed by atoms with Gasteiger partial charge in [0, 0.05) is 39.6 Å². The average Bonchev–Trinajstić information content (AvgIpc) is 3.34. The van der Waals surface area contributed by atoms with Gasteiger partial charge in [-0.05, 0) is 118 Å². The minimum atomic E-state index is -1.29. The number of rotatable bonds is 13. The van der Waals surface area contributed by atoms with E-state index >= 15 is 0 Å². The molecule has 5 N–H and O–H groups in total. The molecule has 0 radical (unpaired) electrons. The minimum absolute atomic E-state index is 0.0828.